The molecule has 0 aliphatic carbocycles. The topological polar surface area (TPSA) is 41.1 Å². The Morgan fingerprint density at radius 2 is 2.20 bits per heavy atom. The number of benzene rings is 1. The van der Waals surface area contributed by atoms with E-state index in [1.54, 1.807) is 0 Å². The molecule has 1 aromatic carbocycles. The fourth-order valence-electron chi connectivity index (χ4n) is 1.96. The van der Waals surface area contributed by atoms with Crippen molar-refractivity contribution in [3.05, 3.63) is 29.8 Å². The van der Waals surface area contributed by atoms with Crippen LogP contribution in [0.2, 0.25) is 0 Å². The van der Waals surface area contributed by atoms with Crippen LogP contribution in [0, 0.1) is 11.6 Å². The minimum atomic E-state index is -0.887. The molecule has 20 heavy (non-hydrogen) atoms. The van der Waals surface area contributed by atoms with E-state index in [-0.39, 0.29) is 30.1 Å². The van der Waals surface area contributed by atoms with Gasteiger partial charge >= 0.3 is 0 Å². The molecule has 0 spiro atoms. The number of amides is 1. The molecule has 1 aromatic rings. The van der Waals surface area contributed by atoms with Crippen LogP contribution in [0.25, 0.3) is 0 Å². The first kappa shape index (κ1) is 17.2. The summed E-state index contributed by atoms with van der Waals surface area (Å²) < 4.78 is 25.7. The lowest BCUT2D eigenvalue weighted by molar-refractivity contribution is -0.119. The third kappa shape index (κ3) is 5.26. The highest BCUT2D eigenvalue weighted by molar-refractivity contribution is 8.00. The third-order valence-electron chi connectivity index (χ3n) is 2.92. The molecular formula is C13H17ClF2N2OS. The Kier molecular flexibility index (Phi) is 7.26. The second kappa shape index (κ2) is 8.44. The van der Waals surface area contributed by atoms with Gasteiger partial charge in [-0.25, -0.2) is 8.78 Å². The second-order valence-corrected chi connectivity index (χ2v) is 5.52. The van der Waals surface area contributed by atoms with Crippen LogP contribution >= 0.6 is 24.2 Å². The lowest BCUT2D eigenvalue weighted by atomic mass is 10.1. The molecule has 0 aromatic heterocycles. The first-order chi connectivity index (χ1) is 9.15. The standard InChI is InChI=1S/C13H16F2N2OS.ClH/c14-11-4-3-10(6-12(11)15)19-8-13(18)17-9-2-1-5-16-7-9;/h3-4,6,9,16H,1-2,5,7-8H2,(H,17,18);1H/t9-;/m0./s1. The Hall–Kier alpha value is -0.850. The molecule has 112 valence electrons. The largest absolute Gasteiger partial charge is 0.351 e. The Bertz CT molecular complexity index is 456. The zero-order valence-corrected chi connectivity index (χ0v) is 12.5. The van der Waals surface area contributed by atoms with Crippen molar-refractivity contribution in [2.45, 2.75) is 23.8 Å². The Morgan fingerprint density at radius 3 is 2.85 bits per heavy atom. The number of hydrogen-bond acceptors (Lipinski definition) is 3. The minimum absolute atomic E-state index is 0. The number of piperidine rings is 1. The van der Waals surface area contributed by atoms with Crippen LogP contribution in [0.1, 0.15) is 12.8 Å². The van der Waals surface area contributed by atoms with Crippen molar-refractivity contribution in [2.75, 3.05) is 18.8 Å². The molecule has 2 rings (SSSR count). The first-order valence-corrected chi connectivity index (χ1v) is 7.21. The Labute approximate surface area is 127 Å². The normalized spacial score (nSPS) is 18.2. The number of carbonyl (C=O) groups is 1. The van der Waals surface area contributed by atoms with Crippen LogP contribution in [0.15, 0.2) is 23.1 Å². The maximum absolute atomic E-state index is 13.0. The molecular weight excluding hydrogens is 306 g/mol. The van der Waals surface area contributed by atoms with Gasteiger partial charge in [-0.3, -0.25) is 4.79 Å². The molecule has 1 amide bonds. The molecule has 3 nitrogen and oxygen atoms in total. The van der Waals surface area contributed by atoms with Crippen molar-refractivity contribution in [1.29, 1.82) is 0 Å². The second-order valence-electron chi connectivity index (χ2n) is 4.48. The molecule has 0 saturated carbocycles. The number of carbonyl (C=O) groups excluding carboxylic acids is 1. The van der Waals surface area contributed by atoms with E-state index in [9.17, 15) is 13.6 Å². The van der Waals surface area contributed by atoms with Crippen molar-refractivity contribution in [2.24, 2.45) is 0 Å². The maximum atomic E-state index is 13.0. The summed E-state index contributed by atoms with van der Waals surface area (Å²) in [6.07, 6.45) is 2.04. The molecule has 7 heteroatoms. The quantitative estimate of drug-likeness (QED) is 0.836. The van der Waals surface area contributed by atoms with Crippen LogP contribution in [0.5, 0.6) is 0 Å². The molecule has 1 saturated heterocycles. The number of halogens is 3. The van der Waals surface area contributed by atoms with Crippen molar-refractivity contribution in [3.8, 4) is 0 Å². The maximum Gasteiger partial charge on any atom is 0.230 e. The summed E-state index contributed by atoms with van der Waals surface area (Å²) in [5.41, 5.74) is 0. The van der Waals surface area contributed by atoms with E-state index in [1.807, 2.05) is 0 Å². The number of hydrogen-bond donors (Lipinski definition) is 2. The average Bonchev–Trinajstić information content (AvgIpc) is 2.41. The van der Waals surface area contributed by atoms with Gasteiger partial charge in [0.25, 0.3) is 0 Å². The molecule has 0 radical (unpaired) electrons. The number of nitrogens with one attached hydrogen (secondary N) is 2. The van der Waals surface area contributed by atoms with E-state index in [0.717, 1.165) is 38.1 Å². The molecule has 0 unspecified atom stereocenters. The van der Waals surface area contributed by atoms with Gasteiger partial charge in [0.05, 0.1) is 5.75 Å². The van der Waals surface area contributed by atoms with Gasteiger partial charge in [-0.1, -0.05) is 0 Å². The molecule has 1 fully saturated rings. The van der Waals surface area contributed by atoms with Gasteiger partial charge in [-0.15, -0.1) is 24.2 Å². The van der Waals surface area contributed by atoms with Gasteiger partial charge in [-0.05, 0) is 37.6 Å². The highest BCUT2D eigenvalue weighted by Gasteiger charge is 2.15. The molecule has 1 aliphatic heterocycles. The predicted octanol–water partition coefficient (Wildman–Crippen LogP) is 2.35. The minimum Gasteiger partial charge on any atom is -0.351 e. The number of thioether (sulfide) groups is 1. The van der Waals surface area contributed by atoms with Crippen LogP contribution in [-0.2, 0) is 4.79 Å². The highest BCUT2D eigenvalue weighted by atomic mass is 35.5. The van der Waals surface area contributed by atoms with Crippen molar-refractivity contribution in [3.63, 3.8) is 0 Å². The van der Waals surface area contributed by atoms with Crippen LogP contribution in [0.4, 0.5) is 8.78 Å². The van der Waals surface area contributed by atoms with E-state index in [1.165, 1.54) is 17.8 Å². The van der Waals surface area contributed by atoms with E-state index < -0.39 is 11.6 Å². The van der Waals surface area contributed by atoms with Gasteiger partial charge in [0.2, 0.25) is 5.91 Å². The summed E-state index contributed by atoms with van der Waals surface area (Å²) in [7, 11) is 0. The third-order valence-corrected chi connectivity index (χ3v) is 3.92. The fraction of sp³-hybridized carbons (Fsp3) is 0.462. The average molecular weight is 323 g/mol. The predicted molar refractivity (Wildman–Crippen MR) is 78.4 cm³/mol. The number of rotatable bonds is 4. The summed E-state index contributed by atoms with van der Waals surface area (Å²) in [5, 5.41) is 6.14. The van der Waals surface area contributed by atoms with Crippen LogP contribution in [0.3, 0.4) is 0 Å². The zero-order valence-electron chi connectivity index (χ0n) is 10.8. The van der Waals surface area contributed by atoms with E-state index in [0.29, 0.717) is 4.90 Å². The van der Waals surface area contributed by atoms with Gasteiger partial charge in [0.15, 0.2) is 11.6 Å². The molecule has 2 N–H and O–H groups in total. The fourth-order valence-corrected chi connectivity index (χ4v) is 2.69. The summed E-state index contributed by atoms with van der Waals surface area (Å²) in [6, 6.07) is 3.82. The van der Waals surface area contributed by atoms with Crippen LogP contribution in [-0.4, -0.2) is 30.8 Å². The molecule has 1 atom stereocenters. The summed E-state index contributed by atoms with van der Waals surface area (Å²) >= 11 is 1.20. The zero-order chi connectivity index (χ0) is 13.7. The van der Waals surface area contributed by atoms with E-state index in [2.05, 4.69) is 10.6 Å². The summed E-state index contributed by atoms with van der Waals surface area (Å²) in [4.78, 5) is 12.3. The van der Waals surface area contributed by atoms with Gasteiger partial charge in [-0.2, -0.15) is 0 Å². The molecule has 0 bridgehead atoms. The van der Waals surface area contributed by atoms with Gasteiger partial charge in [0, 0.05) is 17.5 Å². The Morgan fingerprint density at radius 1 is 1.40 bits per heavy atom. The van der Waals surface area contributed by atoms with Crippen molar-refractivity contribution >= 4 is 30.1 Å². The van der Waals surface area contributed by atoms with Gasteiger partial charge in [0.1, 0.15) is 0 Å². The Balaban J connectivity index is 0.00000200. The summed E-state index contributed by atoms with van der Waals surface area (Å²) in [5.74, 6) is -1.63. The SMILES string of the molecule is Cl.O=C(CSc1ccc(F)c(F)c1)N[C@H]1CCCNC1. The highest BCUT2D eigenvalue weighted by Crippen LogP contribution is 2.20. The smallest absolute Gasteiger partial charge is 0.230 e. The summed E-state index contributed by atoms with van der Waals surface area (Å²) in [6.45, 7) is 1.79. The van der Waals surface area contributed by atoms with Gasteiger partial charge < -0.3 is 10.6 Å². The lowest BCUT2D eigenvalue weighted by Gasteiger charge is -2.23. The molecule has 1 heterocycles. The lowest BCUT2D eigenvalue weighted by Crippen LogP contribution is -2.46. The van der Waals surface area contributed by atoms with Crippen molar-refractivity contribution < 1.29 is 13.6 Å². The van der Waals surface area contributed by atoms with E-state index in [4.69, 9.17) is 0 Å². The molecule has 1 aliphatic rings. The van der Waals surface area contributed by atoms with Crippen molar-refractivity contribution in [1.82, 2.24) is 10.6 Å². The monoisotopic (exact) mass is 322 g/mol. The first-order valence-electron chi connectivity index (χ1n) is 6.23. The van der Waals surface area contributed by atoms with E-state index >= 15 is 0 Å². The van der Waals surface area contributed by atoms with Crippen LogP contribution < -0.4 is 10.6 Å².